The first-order valence-electron chi connectivity index (χ1n) is 34.5. The van der Waals surface area contributed by atoms with E-state index in [1.807, 2.05) is 42.7 Å². The van der Waals surface area contributed by atoms with Gasteiger partial charge in [-0.05, 0) is 142 Å². The number of hydrogen-bond acceptors (Lipinski definition) is 9. The minimum Gasteiger partial charge on any atom is -0.341 e. The highest BCUT2D eigenvalue weighted by molar-refractivity contribution is 5.91. The zero-order valence-electron chi connectivity index (χ0n) is 54.9. The molecule has 474 valence electrons. The second kappa shape index (κ2) is 24.4. The van der Waals surface area contributed by atoms with Gasteiger partial charge in [-0.3, -0.25) is 4.98 Å². The van der Waals surface area contributed by atoms with Gasteiger partial charge in [0.05, 0.1) is 58.1 Å². The van der Waals surface area contributed by atoms with E-state index in [-0.39, 0.29) is 23.9 Å². The van der Waals surface area contributed by atoms with Crippen LogP contribution in [-0.4, -0.2) is 31.5 Å². The van der Waals surface area contributed by atoms with Crippen molar-refractivity contribution in [3.63, 3.8) is 0 Å². The maximum Gasteiger partial charge on any atom is 0.160 e. The summed E-state index contributed by atoms with van der Waals surface area (Å²) in [6, 6.07) is 118. The Morgan fingerprint density at radius 3 is 1.29 bits per heavy atom. The molecule has 4 atom stereocenters. The van der Waals surface area contributed by atoms with Crippen LogP contribution in [0.5, 0.6) is 0 Å². The average Bonchev–Trinajstić information content (AvgIpc) is 1.57. The third-order valence-electron chi connectivity index (χ3n) is 20.6. The number of anilines is 9. The molecule has 0 N–H and O–H groups in total. The third kappa shape index (κ3) is 9.87. The van der Waals surface area contributed by atoms with Crippen molar-refractivity contribution in [2.45, 2.75) is 30.8 Å². The number of hydrogen-bond donors (Lipinski definition) is 0. The fourth-order valence-corrected chi connectivity index (χ4v) is 16.2. The molecule has 0 amide bonds. The van der Waals surface area contributed by atoms with Gasteiger partial charge in [0.15, 0.2) is 11.6 Å². The van der Waals surface area contributed by atoms with Gasteiger partial charge in [0.1, 0.15) is 0 Å². The third-order valence-corrected chi connectivity index (χ3v) is 20.6. The van der Waals surface area contributed by atoms with Crippen molar-refractivity contribution >= 4 is 51.2 Å². The van der Waals surface area contributed by atoms with Crippen LogP contribution in [0.4, 0.5) is 51.2 Å². The molecular formula is C91H65N9. The van der Waals surface area contributed by atoms with Gasteiger partial charge in [0, 0.05) is 92.1 Å². The van der Waals surface area contributed by atoms with Gasteiger partial charge in [-0.15, -0.1) is 0 Å². The van der Waals surface area contributed by atoms with Gasteiger partial charge in [-0.1, -0.05) is 237 Å². The van der Waals surface area contributed by atoms with Crippen LogP contribution in [0.15, 0.2) is 340 Å². The number of nitrogens with zero attached hydrogens (tertiary/aromatic N) is 9. The molecule has 12 aromatic carbocycles. The lowest BCUT2D eigenvalue weighted by atomic mass is 9.84. The number of benzene rings is 12. The molecule has 9 nitrogen and oxygen atoms in total. The van der Waals surface area contributed by atoms with E-state index in [0.29, 0.717) is 11.6 Å². The van der Waals surface area contributed by atoms with Crippen LogP contribution in [0, 0.1) is 0 Å². The molecule has 19 rings (SSSR count). The molecule has 7 heterocycles. The lowest BCUT2D eigenvalue weighted by molar-refractivity contribution is 0.665. The Hall–Kier alpha value is -12.9. The Bertz CT molecular complexity index is 5550. The Labute approximate surface area is 582 Å². The normalized spacial score (nSPS) is 16.0. The Balaban J connectivity index is 0.683. The molecule has 0 fully saturated rings. The van der Waals surface area contributed by atoms with E-state index in [1.54, 1.807) is 0 Å². The standard InChI is InChI=1S/C91H65N9/c1-2-97-80-41-19-15-37-70(80)86-73-51-52-92-58-85(73)100(88(86)74-39-17-20-42-81(74)97)69-36-24-33-65(54-69)78-57-77(94-91(95-78)62-29-11-5-12-30-62)64-32-23-31-63(53-64)59-45-48-68(49-46-59)98-82-43-21-16-38-71(82)87-72-50-47-66(55-84(72)99(67-34-13-6-14-35-67)89(87)75-40-18-22-44-83(75)98)79-56-76(60-25-7-3-8-26-60)93-90(96-79)61-27-9-4-10-28-61/h3-58,86-89H,2H2,1H3. The number of fused-ring (bicyclic) bond motifs is 14. The monoisotopic (exact) mass is 1280 g/mol. The molecule has 0 radical (unpaired) electrons. The van der Waals surface area contributed by atoms with E-state index in [0.717, 1.165) is 114 Å². The number of aromatic nitrogens is 5. The summed E-state index contributed by atoms with van der Waals surface area (Å²) in [5, 5.41) is 0. The minimum atomic E-state index is -0.0888. The minimum absolute atomic E-state index is 0.0225. The predicted molar refractivity (Wildman–Crippen MR) is 406 cm³/mol. The molecule has 0 spiro atoms. The molecule has 0 aliphatic carbocycles. The van der Waals surface area contributed by atoms with Crippen molar-refractivity contribution in [1.29, 1.82) is 0 Å². The Kier molecular flexibility index (Phi) is 14.2. The predicted octanol–water partition coefficient (Wildman–Crippen LogP) is 22.6. The van der Waals surface area contributed by atoms with Crippen LogP contribution in [0.25, 0.3) is 78.9 Å². The Morgan fingerprint density at radius 1 is 0.270 bits per heavy atom. The van der Waals surface area contributed by atoms with Gasteiger partial charge in [0.25, 0.3) is 0 Å². The lowest BCUT2D eigenvalue weighted by Crippen LogP contribution is -2.23. The van der Waals surface area contributed by atoms with Crippen LogP contribution >= 0.6 is 0 Å². The van der Waals surface area contributed by atoms with E-state index in [9.17, 15) is 0 Å². The van der Waals surface area contributed by atoms with Crippen LogP contribution < -0.4 is 19.6 Å². The molecule has 4 unspecified atom stereocenters. The van der Waals surface area contributed by atoms with Crippen molar-refractivity contribution < 1.29 is 0 Å². The van der Waals surface area contributed by atoms with E-state index in [1.165, 1.54) is 44.8 Å². The molecule has 4 aliphatic rings. The van der Waals surface area contributed by atoms with Crippen molar-refractivity contribution in [2.75, 3.05) is 26.1 Å². The maximum absolute atomic E-state index is 5.39. The van der Waals surface area contributed by atoms with E-state index >= 15 is 0 Å². The summed E-state index contributed by atoms with van der Waals surface area (Å²) in [7, 11) is 0. The highest BCUT2D eigenvalue weighted by atomic mass is 15.2. The molecule has 0 bridgehead atoms. The molecule has 0 saturated carbocycles. The SMILES string of the molecule is CCN1c2ccccc2C2c3ccncc3N(c3cccc(-c4cc(-c5cccc(-c6ccc(N7c8ccccc8C8c9ccc(-c%10cc(-c%11ccccc%11)nc(-c%11ccccc%11)n%10)cc9N(c9ccccc9)C8c8ccccc87)cc6)c5)nc(-c5ccccc5)n4)c3)C2c2ccccc21. The lowest BCUT2D eigenvalue weighted by Gasteiger charge is -2.32. The summed E-state index contributed by atoms with van der Waals surface area (Å²) < 4.78 is 0. The quantitative estimate of drug-likeness (QED) is 0.126. The first kappa shape index (κ1) is 58.5. The largest absolute Gasteiger partial charge is 0.341 e. The summed E-state index contributed by atoms with van der Waals surface area (Å²) in [6.07, 6.45) is 3.99. The van der Waals surface area contributed by atoms with Crippen molar-refractivity contribution in [3.8, 4) is 78.9 Å². The van der Waals surface area contributed by atoms with Crippen LogP contribution in [0.3, 0.4) is 0 Å². The summed E-state index contributed by atoms with van der Waals surface area (Å²) in [6.45, 7) is 3.10. The van der Waals surface area contributed by atoms with Gasteiger partial charge in [-0.2, -0.15) is 0 Å². The zero-order valence-corrected chi connectivity index (χ0v) is 54.9. The second-order valence-corrected chi connectivity index (χ2v) is 26.1. The van der Waals surface area contributed by atoms with Crippen LogP contribution in [0.2, 0.25) is 0 Å². The van der Waals surface area contributed by atoms with Crippen molar-refractivity contribution in [3.05, 3.63) is 373 Å². The fourth-order valence-electron chi connectivity index (χ4n) is 16.2. The summed E-state index contributed by atoms with van der Waals surface area (Å²) in [5.74, 6) is 1.41. The molecule has 4 aliphatic heterocycles. The van der Waals surface area contributed by atoms with Crippen molar-refractivity contribution in [2.24, 2.45) is 0 Å². The average molecular weight is 1280 g/mol. The van der Waals surface area contributed by atoms with Gasteiger partial charge < -0.3 is 19.6 Å². The molecular weight excluding hydrogens is 1220 g/mol. The Morgan fingerprint density at radius 2 is 0.680 bits per heavy atom. The van der Waals surface area contributed by atoms with E-state index in [4.69, 9.17) is 24.9 Å². The summed E-state index contributed by atoms with van der Waals surface area (Å²) in [5.41, 5.74) is 29.5. The molecule has 15 aromatic rings. The van der Waals surface area contributed by atoms with Crippen LogP contribution in [0.1, 0.15) is 64.2 Å². The van der Waals surface area contributed by atoms with Crippen molar-refractivity contribution in [1.82, 2.24) is 24.9 Å². The summed E-state index contributed by atoms with van der Waals surface area (Å²) in [4.78, 5) is 36.1. The van der Waals surface area contributed by atoms with Gasteiger partial charge >= 0.3 is 0 Å². The number of rotatable bonds is 11. The fraction of sp³-hybridized carbons (Fsp3) is 0.0659. The first-order valence-corrected chi connectivity index (χ1v) is 34.5. The molecule has 0 saturated heterocycles. The summed E-state index contributed by atoms with van der Waals surface area (Å²) >= 11 is 0. The topological polar surface area (TPSA) is 77.4 Å². The zero-order chi connectivity index (χ0) is 66.2. The highest BCUT2D eigenvalue weighted by Crippen LogP contribution is 2.63. The van der Waals surface area contributed by atoms with E-state index < -0.39 is 0 Å². The van der Waals surface area contributed by atoms with Gasteiger partial charge in [-0.25, -0.2) is 19.9 Å². The highest BCUT2D eigenvalue weighted by Gasteiger charge is 2.48. The second-order valence-electron chi connectivity index (χ2n) is 26.1. The van der Waals surface area contributed by atoms with Gasteiger partial charge in [0.2, 0.25) is 0 Å². The number of pyridine rings is 1. The van der Waals surface area contributed by atoms with E-state index in [2.05, 4.69) is 324 Å². The maximum atomic E-state index is 5.39. The molecule has 3 aromatic heterocycles. The molecule has 100 heavy (non-hydrogen) atoms. The molecule has 9 heteroatoms. The number of para-hydroxylation sites is 5. The first-order chi connectivity index (χ1) is 49.6. The smallest absolute Gasteiger partial charge is 0.160 e. The van der Waals surface area contributed by atoms with Crippen LogP contribution in [-0.2, 0) is 0 Å².